The number of para-hydroxylation sites is 1. The lowest BCUT2D eigenvalue weighted by Crippen LogP contribution is -2.36. The van der Waals surface area contributed by atoms with Gasteiger partial charge in [0.25, 0.3) is 11.5 Å². The number of aromatic nitrogens is 2. The van der Waals surface area contributed by atoms with Crippen LogP contribution in [0.15, 0.2) is 53.3 Å². The van der Waals surface area contributed by atoms with Gasteiger partial charge in [-0.1, -0.05) is 12.1 Å². The van der Waals surface area contributed by atoms with Crippen LogP contribution in [0.2, 0.25) is 0 Å². The zero-order valence-electron chi connectivity index (χ0n) is 15.4. The first-order chi connectivity index (χ1) is 12.9. The van der Waals surface area contributed by atoms with E-state index in [0.717, 1.165) is 0 Å². The fraction of sp³-hybridized carbons (Fsp3) is 0.200. The molecule has 138 valence electrons. The molecule has 3 rings (SSSR count). The third-order valence-corrected chi connectivity index (χ3v) is 4.23. The van der Waals surface area contributed by atoms with Gasteiger partial charge in [0, 0.05) is 19.7 Å². The smallest absolute Gasteiger partial charge is 0.265 e. The molecule has 0 bridgehead atoms. The highest BCUT2D eigenvalue weighted by Crippen LogP contribution is 2.13. The van der Waals surface area contributed by atoms with Crippen molar-refractivity contribution >= 4 is 22.7 Å². The van der Waals surface area contributed by atoms with Crippen LogP contribution in [0, 0.1) is 6.92 Å². The molecular formula is C20H20N4O3. The van der Waals surface area contributed by atoms with E-state index >= 15 is 0 Å². The van der Waals surface area contributed by atoms with Gasteiger partial charge in [-0.25, -0.2) is 4.98 Å². The molecule has 1 aromatic heterocycles. The van der Waals surface area contributed by atoms with Gasteiger partial charge in [-0.05, 0) is 43.3 Å². The van der Waals surface area contributed by atoms with E-state index in [-0.39, 0.29) is 23.9 Å². The van der Waals surface area contributed by atoms with Crippen LogP contribution < -0.4 is 10.9 Å². The van der Waals surface area contributed by atoms with E-state index in [2.05, 4.69) is 10.3 Å². The van der Waals surface area contributed by atoms with Gasteiger partial charge in [0.15, 0.2) is 0 Å². The highest BCUT2D eigenvalue weighted by atomic mass is 16.2. The Balaban J connectivity index is 1.88. The Labute approximate surface area is 156 Å². The van der Waals surface area contributed by atoms with E-state index < -0.39 is 0 Å². The first-order valence-electron chi connectivity index (χ1n) is 8.45. The van der Waals surface area contributed by atoms with Crippen molar-refractivity contribution in [3.05, 3.63) is 70.3 Å². The van der Waals surface area contributed by atoms with Crippen molar-refractivity contribution in [2.45, 2.75) is 6.92 Å². The molecular weight excluding hydrogens is 344 g/mol. The molecule has 0 saturated carbocycles. The molecule has 2 amide bonds. The van der Waals surface area contributed by atoms with Gasteiger partial charge in [0.2, 0.25) is 5.91 Å². The molecule has 0 saturated heterocycles. The number of hydrogen-bond acceptors (Lipinski definition) is 4. The normalized spacial score (nSPS) is 10.6. The number of carbonyl (C=O) groups is 2. The number of likely N-dealkylation sites (N-methyl/N-ethyl adjacent to an activating group) is 1. The van der Waals surface area contributed by atoms with Gasteiger partial charge >= 0.3 is 0 Å². The highest BCUT2D eigenvalue weighted by Gasteiger charge is 2.12. The van der Waals surface area contributed by atoms with Crippen LogP contribution in [0.5, 0.6) is 0 Å². The molecule has 27 heavy (non-hydrogen) atoms. The predicted octanol–water partition coefficient (Wildman–Crippen LogP) is 1.51. The second kappa shape index (κ2) is 7.41. The van der Waals surface area contributed by atoms with Crippen LogP contribution in [0.1, 0.15) is 16.2 Å². The maximum Gasteiger partial charge on any atom is 0.265 e. The fourth-order valence-corrected chi connectivity index (χ4v) is 2.73. The molecule has 0 radical (unpaired) electrons. The second-order valence-corrected chi connectivity index (χ2v) is 6.33. The third-order valence-electron chi connectivity index (χ3n) is 4.23. The van der Waals surface area contributed by atoms with E-state index in [4.69, 9.17) is 0 Å². The summed E-state index contributed by atoms with van der Waals surface area (Å²) in [6.07, 6.45) is 0. The fourth-order valence-electron chi connectivity index (χ4n) is 2.73. The Hall–Kier alpha value is -3.48. The first-order valence-corrected chi connectivity index (χ1v) is 8.45. The number of amides is 2. The minimum Gasteiger partial charge on any atom is -0.347 e. The molecule has 3 aromatic rings. The van der Waals surface area contributed by atoms with Crippen molar-refractivity contribution in [3.8, 4) is 5.69 Å². The maximum absolute atomic E-state index is 12.8. The van der Waals surface area contributed by atoms with Gasteiger partial charge in [-0.3, -0.25) is 19.0 Å². The van der Waals surface area contributed by atoms with Crippen molar-refractivity contribution < 1.29 is 9.59 Å². The molecule has 0 unspecified atom stereocenters. The monoisotopic (exact) mass is 364 g/mol. The van der Waals surface area contributed by atoms with E-state index in [9.17, 15) is 14.4 Å². The number of rotatable bonds is 4. The lowest BCUT2D eigenvalue weighted by Gasteiger charge is -2.12. The molecule has 0 aliphatic heterocycles. The van der Waals surface area contributed by atoms with Crippen LogP contribution in [0.25, 0.3) is 16.6 Å². The molecule has 1 heterocycles. The van der Waals surface area contributed by atoms with E-state index in [1.165, 1.54) is 9.47 Å². The second-order valence-electron chi connectivity index (χ2n) is 6.33. The third kappa shape index (κ3) is 3.72. The Kier molecular flexibility index (Phi) is 5.03. The SMILES string of the molecule is Cc1nc2ccccc2c(=O)n1-c1ccc(C(=O)NCC(=O)N(C)C)cc1. The van der Waals surface area contributed by atoms with Crippen molar-refractivity contribution in [2.75, 3.05) is 20.6 Å². The quantitative estimate of drug-likeness (QED) is 0.761. The van der Waals surface area contributed by atoms with Crippen molar-refractivity contribution in [3.63, 3.8) is 0 Å². The van der Waals surface area contributed by atoms with Crippen LogP contribution >= 0.6 is 0 Å². The lowest BCUT2D eigenvalue weighted by molar-refractivity contribution is -0.127. The molecule has 1 N–H and O–H groups in total. The molecule has 7 nitrogen and oxygen atoms in total. The van der Waals surface area contributed by atoms with Crippen LogP contribution in [-0.2, 0) is 4.79 Å². The standard InChI is InChI=1S/C20H20N4O3/c1-13-22-17-7-5-4-6-16(17)20(27)24(13)15-10-8-14(9-11-15)19(26)21-12-18(25)23(2)3/h4-11H,12H2,1-3H3,(H,21,26). The summed E-state index contributed by atoms with van der Waals surface area (Å²) in [5.74, 6) is 0.0225. The van der Waals surface area contributed by atoms with Crippen molar-refractivity contribution in [1.29, 1.82) is 0 Å². The predicted molar refractivity (Wildman–Crippen MR) is 103 cm³/mol. The van der Waals surface area contributed by atoms with Gasteiger partial charge in [-0.15, -0.1) is 0 Å². The number of nitrogens with one attached hydrogen (secondary N) is 1. The Bertz CT molecular complexity index is 1070. The summed E-state index contributed by atoms with van der Waals surface area (Å²) in [6.45, 7) is 1.70. The number of nitrogens with zero attached hydrogens (tertiary/aromatic N) is 3. The zero-order chi connectivity index (χ0) is 19.6. The summed E-state index contributed by atoms with van der Waals surface area (Å²) < 4.78 is 1.51. The number of carbonyl (C=O) groups excluding carboxylic acids is 2. The molecule has 2 aromatic carbocycles. The Morgan fingerprint density at radius 2 is 1.74 bits per heavy atom. The number of hydrogen-bond donors (Lipinski definition) is 1. The largest absolute Gasteiger partial charge is 0.347 e. The van der Waals surface area contributed by atoms with Crippen molar-refractivity contribution in [2.24, 2.45) is 0 Å². The maximum atomic E-state index is 12.8. The molecule has 0 spiro atoms. The number of fused-ring (bicyclic) bond motifs is 1. The summed E-state index contributed by atoms with van der Waals surface area (Å²) in [7, 11) is 3.25. The first kappa shape index (κ1) is 18.3. The topological polar surface area (TPSA) is 84.3 Å². The summed E-state index contributed by atoms with van der Waals surface area (Å²) in [4.78, 5) is 42.4. The summed E-state index contributed by atoms with van der Waals surface area (Å²) in [6, 6.07) is 13.8. The highest BCUT2D eigenvalue weighted by molar-refractivity contribution is 5.96. The molecule has 0 aliphatic carbocycles. The van der Waals surface area contributed by atoms with E-state index in [1.807, 2.05) is 6.07 Å². The van der Waals surface area contributed by atoms with E-state index in [0.29, 0.717) is 28.0 Å². The van der Waals surface area contributed by atoms with Crippen LogP contribution in [-0.4, -0.2) is 46.9 Å². The van der Waals surface area contributed by atoms with Gasteiger partial charge in [-0.2, -0.15) is 0 Å². The minimum absolute atomic E-state index is 0.0687. The summed E-state index contributed by atoms with van der Waals surface area (Å²) in [5.41, 5.74) is 1.52. The number of benzene rings is 2. The zero-order valence-corrected chi connectivity index (χ0v) is 15.4. The molecule has 0 atom stereocenters. The molecule has 0 fully saturated rings. The average molecular weight is 364 g/mol. The Morgan fingerprint density at radius 3 is 2.41 bits per heavy atom. The summed E-state index contributed by atoms with van der Waals surface area (Å²) in [5, 5.41) is 3.11. The minimum atomic E-state index is -0.350. The van der Waals surface area contributed by atoms with Gasteiger partial charge < -0.3 is 10.2 Å². The molecule has 7 heteroatoms. The van der Waals surface area contributed by atoms with Gasteiger partial charge in [0.1, 0.15) is 5.82 Å². The number of aryl methyl sites for hydroxylation is 1. The van der Waals surface area contributed by atoms with Gasteiger partial charge in [0.05, 0.1) is 23.1 Å². The van der Waals surface area contributed by atoms with Crippen molar-refractivity contribution in [1.82, 2.24) is 19.8 Å². The Morgan fingerprint density at radius 1 is 1.07 bits per heavy atom. The average Bonchev–Trinajstić information content (AvgIpc) is 2.66. The lowest BCUT2D eigenvalue weighted by atomic mass is 10.2. The van der Waals surface area contributed by atoms with Crippen LogP contribution in [0.4, 0.5) is 0 Å². The van der Waals surface area contributed by atoms with E-state index in [1.54, 1.807) is 63.5 Å². The van der Waals surface area contributed by atoms with Crippen LogP contribution in [0.3, 0.4) is 0 Å². The summed E-state index contributed by atoms with van der Waals surface area (Å²) >= 11 is 0. The molecule has 0 aliphatic rings.